The number of anilines is 2. The molecule has 2 aliphatic rings. The number of aromatic nitrogens is 5. The molecule has 1 fully saturated rings. The zero-order valence-corrected chi connectivity index (χ0v) is 20.7. The van der Waals surface area contributed by atoms with Crippen molar-refractivity contribution in [1.29, 1.82) is 5.26 Å². The van der Waals surface area contributed by atoms with E-state index in [1.807, 2.05) is 26.8 Å². The van der Waals surface area contributed by atoms with Gasteiger partial charge in [-0.05, 0) is 61.2 Å². The van der Waals surface area contributed by atoms with E-state index in [1.54, 1.807) is 27.7 Å². The van der Waals surface area contributed by atoms with Crippen molar-refractivity contribution in [1.82, 2.24) is 29.6 Å². The van der Waals surface area contributed by atoms with Crippen LogP contribution in [0.3, 0.4) is 0 Å². The molecule has 36 heavy (non-hydrogen) atoms. The van der Waals surface area contributed by atoms with Crippen LogP contribution < -0.4 is 16.2 Å². The van der Waals surface area contributed by atoms with E-state index in [9.17, 15) is 10.1 Å². The molecule has 6 rings (SSSR count). The molecule has 0 atom stereocenters. The van der Waals surface area contributed by atoms with Gasteiger partial charge in [-0.2, -0.15) is 10.2 Å². The van der Waals surface area contributed by atoms with E-state index in [1.165, 1.54) is 11.1 Å². The molecule has 4 heterocycles. The number of fused-ring (bicyclic) bond motifs is 2. The predicted octanol–water partition coefficient (Wildman–Crippen LogP) is 3.87. The van der Waals surface area contributed by atoms with Crippen LogP contribution in [0.4, 0.5) is 11.6 Å². The second-order valence-corrected chi connectivity index (χ2v) is 10.6. The first-order valence-corrected chi connectivity index (χ1v) is 12.4. The quantitative estimate of drug-likeness (QED) is 0.456. The molecule has 0 bridgehead atoms. The molecule has 3 aromatic heterocycles. The number of pyridine rings is 1. The summed E-state index contributed by atoms with van der Waals surface area (Å²) in [6.07, 6.45) is 4.44. The maximum atomic E-state index is 13.4. The Morgan fingerprint density at radius 2 is 1.97 bits per heavy atom. The first-order chi connectivity index (χ1) is 17.3. The first kappa shape index (κ1) is 22.4. The van der Waals surface area contributed by atoms with E-state index in [0.29, 0.717) is 34.1 Å². The summed E-state index contributed by atoms with van der Waals surface area (Å²) in [6.45, 7) is 7.93. The van der Waals surface area contributed by atoms with E-state index in [2.05, 4.69) is 33.8 Å². The van der Waals surface area contributed by atoms with Crippen molar-refractivity contribution < 1.29 is 0 Å². The van der Waals surface area contributed by atoms with E-state index in [-0.39, 0.29) is 17.0 Å². The number of benzene rings is 1. The second kappa shape index (κ2) is 8.28. The van der Waals surface area contributed by atoms with E-state index < -0.39 is 0 Å². The van der Waals surface area contributed by atoms with Crippen LogP contribution in [0.15, 0.2) is 41.3 Å². The molecule has 1 saturated carbocycles. The molecule has 1 aromatic carbocycles. The van der Waals surface area contributed by atoms with Gasteiger partial charge >= 0.3 is 0 Å². The molecule has 2 N–H and O–H groups in total. The van der Waals surface area contributed by atoms with E-state index in [0.717, 1.165) is 38.0 Å². The molecule has 4 aromatic rings. The Hall–Kier alpha value is -4.03. The molecule has 9 nitrogen and oxygen atoms in total. The van der Waals surface area contributed by atoms with Crippen LogP contribution in [-0.4, -0.2) is 30.9 Å². The molecular weight excluding hydrogens is 452 g/mol. The molecule has 0 amide bonds. The van der Waals surface area contributed by atoms with Gasteiger partial charge < -0.3 is 10.6 Å². The molecule has 1 aliphatic carbocycles. The van der Waals surface area contributed by atoms with E-state index >= 15 is 0 Å². The summed E-state index contributed by atoms with van der Waals surface area (Å²) < 4.78 is 3.55. The molecule has 0 unspecified atom stereocenters. The van der Waals surface area contributed by atoms with Crippen molar-refractivity contribution in [3.63, 3.8) is 0 Å². The lowest BCUT2D eigenvalue weighted by Gasteiger charge is -2.21. The normalized spacial score (nSPS) is 15.5. The lowest BCUT2D eigenvalue weighted by atomic mass is 9.88. The molecule has 182 valence electrons. The number of nitrogens with zero attached hydrogens (tertiary/aromatic N) is 6. The molecule has 0 spiro atoms. The van der Waals surface area contributed by atoms with Gasteiger partial charge in [0.2, 0.25) is 5.95 Å². The fourth-order valence-electron chi connectivity index (χ4n) is 4.84. The maximum absolute atomic E-state index is 13.4. The van der Waals surface area contributed by atoms with Gasteiger partial charge in [0.1, 0.15) is 11.5 Å². The summed E-state index contributed by atoms with van der Waals surface area (Å²) in [5, 5.41) is 16.8. The minimum Gasteiger partial charge on any atom is -0.324 e. The Bertz CT molecular complexity index is 1600. The van der Waals surface area contributed by atoms with Gasteiger partial charge in [-0.1, -0.05) is 26.8 Å². The topological polar surface area (TPSA) is 113 Å². The molecule has 9 heteroatoms. The van der Waals surface area contributed by atoms with Gasteiger partial charge in [-0.25, -0.2) is 19.3 Å². The predicted molar refractivity (Wildman–Crippen MR) is 138 cm³/mol. The second-order valence-electron chi connectivity index (χ2n) is 10.6. The number of hydrogen-bond acceptors (Lipinski definition) is 7. The van der Waals surface area contributed by atoms with Crippen molar-refractivity contribution in [2.45, 2.75) is 58.0 Å². The standard InChI is InChI=1S/C27H28N8O/c1-27(2,3)23-17(13-28)5-9-22(32-23)35-24-21(25(36)34(35)20-7-8-20)15-30-26(33-24)31-19-6-4-18-14-29-11-10-16(18)12-19/h4-6,9,12,15,20,29H,7-8,10-11,14H2,1-3H3,(H,30,31,33). The van der Waals surface area contributed by atoms with Crippen molar-refractivity contribution in [3.8, 4) is 11.9 Å². The third-order valence-electron chi connectivity index (χ3n) is 6.79. The Morgan fingerprint density at radius 1 is 1.14 bits per heavy atom. The Labute approximate surface area is 208 Å². The highest BCUT2D eigenvalue weighted by atomic mass is 16.1. The summed E-state index contributed by atoms with van der Waals surface area (Å²) in [7, 11) is 0. The van der Waals surface area contributed by atoms with Crippen LogP contribution in [0.25, 0.3) is 16.9 Å². The van der Waals surface area contributed by atoms with Crippen LogP contribution in [0, 0.1) is 11.3 Å². The largest absolute Gasteiger partial charge is 0.324 e. The Morgan fingerprint density at radius 3 is 2.72 bits per heavy atom. The average molecular weight is 481 g/mol. The van der Waals surface area contributed by atoms with Crippen molar-refractivity contribution in [2.24, 2.45) is 0 Å². The van der Waals surface area contributed by atoms with Crippen molar-refractivity contribution in [2.75, 3.05) is 11.9 Å². The average Bonchev–Trinajstić information content (AvgIpc) is 3.67. The van der Waals surface area contributed by atoms with Crippen LogP contribution in [0.1, 0.15) is 62.0 Å². The van der Waals surface area contributed by atoms with Gasteiger partial charge in [-0.15, -0.1) is 0 Å². The summed E-state index contributed by atoms with van der Waals surface area (Å²) in [4.78, 5) is 27.5. The summed E-state index contributed by atoms with van der Waals surface area (Å²) in [6, 6.07) is 12.2. The number of nitriles is 1. The maximum Gasteiger partial charge on any atom is 0.278 e. The molecule has 1 aliphatic heterocycles. The minimum absolute atomic E-state index is 0.105. The van der Waals surface area contributed by atoms with Gasteiger partial charge in [0.25, 0.3) is 5.56 Å². The highest BCUT2D eigenvalue weighted by Gasteiger charge is 2.32. The monoisotopic (exact) mass is 480 g/mol. The number of rotatable bonds is 4. The van der Waals surface area contributed by atoms with Crippen LogP contribution >= 0.6 is 0 Å². The third-order valence-corrected chi connectivity index (χ3v) is 6.79. The van der Waals surface area contributed by atoms with E-state index in [4.69, 9.17) is 9.97 Å². The van der Waals surface area contributed by atoms with Crippen molar-refractivity contribution >= 4 is 22.7 Å². The van der Waals surface area contributed by atoms with Crippen LogP contribution in [-0.2, 0) is 18.4 Å². The molecule has 0 saturated heterocycles. The first-order valence-electron chi connectivity index (χ1n) is 12.4. The third kappa shape index (κ3) is 3.84. The summed E-state index contributed by atoms with van der Waals surface area (Å²) in [5.74, 6) is 0.992. The lowest BCUT2D eigenvalue weighted by Crippen LogP contribution is -2.23. The van der Waals surface area contributed by atoms with Crippen LogP contribution in [0.5, 0.6) is 0 Å². The smallest absolute Gasteiger partial charge is 0.278 e. The van der Waals surface area contributed by atoms with Crippen molar-refractivity contribution in [3.05, 3.63) is 69.3 Å². The van der Waals surface area contributed by atoms with Crippen LogP contribution in [0.2, 0.25) is 0 Å². The SMILES string of the molecule is CC(C)(C)c1nc(-n2c3nc(Nc4ccc5c(c4)CCNC5)ncc3c(=O)n2C2CC2)ccc1C#N. The Balaban J connectivity index is 1.49. The fourth-order valence-corrected chi connectivity index (χ4v) is 4.84. The number of nitrogens with one attached hydrogen (secondary N) is 2. The highest BCUT2D eigenvalue weighted by Crippen LogP contribution is 2.36. The fraction of sp³-hybridized carbons (Fsp3) is 0.370. The lowest BCUT2D eigenvalue weighted by molar-refractivity contribution is 0.536. The van der Waals surface area contributed by atoms with Gasteiger partial charge in [0.15, 0.2) is 11.5 Å². The molecular formula is C27H28N8O. The minimum atomic E-state index is -0.335. The number of hydrogen-bond donors (Lipinski definition) is 2. The summed E-state index contributed by atoms with van der Waals surface area (Å²) in [5.41, 5.74) is 4.80. The highest BCUT2D eigenvalue weighted by molar-refractivity contribution is 5.77. The van der Waals surface area contributed by atoms with Gasteiger partial charge in [-0.3, -0.25) is 4.79 Å². The zero-order valence-electron chi connectivity index (χ0n) is 20.7. The molecule has 0 radical (unpaired) electrons. The van der Waals surface area contributed by atoms with Gasteiger partial charge in [0.05, 0.1) is 17.3 Å². The van der Waals surface area contributed by atoms with Gasteiger partial charge in [0, 0.05) is 23.8 Å². The Kier molecular flexibility index (Phi) is 5.16. The zero-order chi connectivity index (χ0) is 25.0. The summed E-state index contributed by atoms with van der Waals surface area (Å²) >= 11 is 0.